The highest BCUT2D eigenvalue weighted by atomic mass is 19.1. The molecule has 2 nitrogen and oxygen atoms in total. The molecule has 82 valence electrons. The average Bonchev–Trinajstić information content (AvgIpc) is 2.33. The standard InChI is InChI=1S/C13H13FN2/c14-12-6-1-2-7-13(12)16-10-8-11-5-3-4-9-15-11/h1-7,9,16H,8,10H2. The maximum atomic E-state index is 13.2. The van der Waals surface area contributed by atoms with Gasteiger partial charge in [0.05, 0.1) is 5.69 Å². The van der Waals surface area contributed by atoms with Crippen molar-refractivity contribution < 1.29 is 4.39 Å². The van der Waals surface area contributed by atoms with Crippen molar-refractivity contribution in [2.75, 3.05) is 11.9 Å². The van der Waals surface area contributed by atoms with Crippen LogP contribution in [0.2, 0.25) is 0 Å². The number of rotatable bonds is 4. The summed E-state index contributed by atoms with van der Waals surface area (Å²) in [6.07, 6.45) is 2.55. The van der Waals surface area contributed by atoms with Crippen LogP contribution >= 0.6 is 0 Å². The molecule has 1 aromatic carbocycles. The lowest BCUT2D eigenvalue weighted by atomic mass is 10.2. The maximum absolute atomic E-state index is 13.2. The molecule has 0 radical (unpaired) electrons. The van der Waals surface area contributed by atoms with Crippen LogP contribution in [0, 0.1) is 5.82 Å². The van der Waals surface area contributed by atoms with Crippen LogP contribution in [-0.4, -0.2) is 11.5 Å². The number of hydrogen-bond donors (Lipinski definition) is 1. The van der Waals surface area contributed by atoms with E-state index in [2.05, 4.69) is 10.3 Å². The van der Waals surface area contributed by atoms with Crippen molar-refractivity contribution in [2.45, 2.75) is 6.42 Å². The molecule has 2 aromatic rings. The van der Waals surface area contributed by atoms with E-state index < -0.39 is 0 Å². The summed E-state index contributed by atoms with van der Waals surface area (Å²) in [6.45, 7) is 0.679. The van der Waals surface area contributed by atoms with E-state index in [0.717, 1.165) is 12.1 Å². The van der Waals surface area contributed by atoms with E-state index in [9.17, 15) is 4.39 Å². The van der Waals surface area contributed by atoms with E-state index in [1.165, 1.54) is 6.07 Å². The topological polar surface area (TPSA) is 24.9 Å². The van der Waals surface area contributed by atoms with Crippen molar-refractivity contribution in [3.05, 3.63) is 60.2 Å². The van der Waals surface area contributed by atoms with Crippen molar-refractivity contribution in [1.82, 2.24) is 4.98 Å². The van der Waals surface area contributed by atoms with Crippen molar-refractivity contribution in [3.63, 3.8) is 0 Å². The molecule has 0 saturated heterocycles. The van der Waals surface area contributed by atoms with Crippen LogP contribution in [0.3, 0.4) is 0 Å². The fourth-order valence-corrected chi connectivity index (χ4v) is 1.48. The van der Waals surface area contributed by atoms with Crippen LogP contribution in [-0.2, 0) is 6.42 Å². The van der Waals surface area contributed by atoms with Crippen LogP contribution in [0.25, 0.3) is 0 Å². The summed E-state index contributed by atoms with van der Waals surface area (Å²) in [4.78, 5) is 4.20. The molecule has 16 heavy (non-hydrogen) atoms. The number of para-hydroxylation sites is 1. The van der Waals surface area contributed by atoms with Crippen molar-refractivity contribution >= 4 is 5.69 Å². The Hall–Kier alpha value is -1.90. The van der Waals surface area contributed by atoms with Gasteiger partial charge in [-0.25, -0.2) is 4.39 Å². The van der Waals surface area contributed by atoms with Crippen LogP contribution in [0.15, 0.2) is 48.7 Å². The van der Waals surface area contributed by atoms with Gasteiger partial charge in [-0.05, 0) is 24.3 Å². The van der Waals surface area contributed by atoms with E-state index in [1.54, 1.807) is 18.3 Å². The maximum Gasteiger partial charge on any atom is 0.146 e. The monoisotopic (exact) mass is 216 g/mol. The Morgan fingerprint density at radius 2 is 1.88 bits per heavy atom. The summed E-state index contributed by atoms with van der Waals surface area (Å²) in [5.41, 5.74) is 1.55. The summed E-state index contributed by atoms with van der Waals surface area (Å²) in [5.74, 6) is -0.219. The predicted octanol–water partition coefficient (Wildman–Crippen LogP) is 2.88. The average molecular weight is 216 g/mol. The third-order valence-electron chi connectivity index (χ3n) is 2.30. The number of benzene rings is 1. The Kier molecular flexibility index (Phi) is 3.49. The van der Waals surface area contributed by atoms with Crippen LogP contribution < -0.4 is 5.32 Å². The van der Waals surface area contributed by atoms with Gasteiger partial charge in [0.2, 0.25) is 0 Å². The second kappa shape index (κ2) is 5.26. The zero-order chi connectivity index (χ0) is 11.2. The first kappa shape index (κ1) is 10.6. The summed E-state index contributed by atoms with van der Waals surface area (Å²) in [7, 11) is 0. The molecule has 0 aliphatic heterocycles. The van der Waals surface area contributed by atoms with Gasteiger partial charge in [0.15, 0.2) is 0 Å². The molecule has 1 N–H and O–H groups in total. The third-order valence-corrected chi connectivity index (χ3v) is 2.30. The normalized spacial score (nSPS) is 10.1. The molecule has 0 unspecified atom stereocenters. The number of aromatic nitrogens is 1. The third kappa shape index (κ3) is 2.79. The van der Waals surface area contributed by atoms with E-state index >= 15 is 0 Å². The molecule has 3 heteroatoms. The summed E-state index contributed by atoms with van der Waals surface area (Å²) >= 11 is 0. The minimum Gasteiger partial charge on any atom is -0.382 e. The van der Waals surface area contributed by atoms with Gasteiger partial charge in [0.1, 0.15) is 5.82 Å². The molecule has 0 bridgehead atoms. The Labute approximate surface area is 94.2 Å². The fourth-order valence-electron chi connectivity index (χ4n) is 1.48. The largest absolute Gasteiger partial charge is 0.382 e. The highest BCUT2D eigenvalue weighted by Crippen LogP contribution is 2.11. The predicted molar refractivity (Wildman–Crippen MR) is 62.8 cm³/mol. The first-order valence-electron chi connectivity index (χ1n) is 5.24. The number of hydrogen-bond acceptors (Lipinski definition) is 2. The smallest absolute Gasteiger partial charge is 0.146 e. The molecule has 1 aromatic heterocycles. The number of nitrogens with zero attached hydrogens (tertiary/aromatic N) is 1. The summed E-state index contributed by atoms with van der Waals surface area (Å²) in [5, 5.41) is 3.05. The van der Waals surface area contributed by atoms with E-state index in [0.29, 0.717) is 12.2 Å². The van der Waals surface area contributed by atoms with Crippen LogP contribution in [0.5, 0.6) is 0 Å². The lowest BCUT2D eigenvalue weighted by Crippen LogP contribution is -2.06. The first-order valence-corrected chi connectivity index (χ1v) is 5.24. The minimum absolute atomic E-state index is 0.219. The van der Waals surface area contributed by atoms with Crippen LogP contribution in [0.4, 0.5) is 10.1 Å². The van der Waals surface area contributed by atoms with Gasteiger partial charge in [-0.15, -0.1) is 0 Å². The van der Waals surface area contributed by atoms with Crippen molar-refractivity contribution in [2.24, 2.45) is 0 Å². The van der Waals surface area contributed by atoms with Gasteiger partial charge in [-0.2, -0.15) is 0 Å². The molecule has 0 atom stereocenters. The molecule has 1 heterocycles. The second-order valence-corrected chi connectivity index (χ2v) is 3.48. The highest BCUT2D eigenvalue weighted by Gasteiger charge is 1.99. The number of anilines is 1. The molecular formula is C13H13FN2. The van der Waals surface area contributed by atoms with Gasteiger partial charge in [0, 0.05) is 24.9 Å². The Balaban J connectivity index is 1.87. The lowest BCUT2D eigenvalue weighted by Gasteiger charge is -2.06. The molecule has 2 rings (SSSR count). The Morgan fingerprint density at radius 1 is 1.06 bits per heavy atom. The number of nitrogens with one attached hydrogen (secondary N) is 1. The first-order chi connectivity index (χ1) is 7.86. The quantitative estimate of drug-likeness (QED) is 0.850. The van der Waals surface area contributed by atoms with Crippen LogP contribution in [0.1, 0.15) is 5.69 Å². The SMILES string of the molecule is Fc1ccccc1NCCc1ccccn1. The van der Waals surface area contributed by atoms with Gasteiger partial charge < -0.3 is 5.32 Å². The molecule has 0 spiro atoms. The van der Waals surface area contributed by atoms with Gasteiger partial charge in [-0.1, -0.05) is 18.2 Å². The zero-order valence-electron chi connectivity index (χ0n) is 8.86. The van der Waals surface area contributed by atoms with Gasteiger partial charge in [-0.3, -0.25) is 4.98 Å². The molecule has 0 amide bonds. The Morgan fingerprint density at radius 3 is 2.62 bits per heavy atom. The summed E-state index contributed by atoms with van der Waals surface area (Å²) < 4.78 is 13.2. The number of pyridine rings is 1. The molecule has 0 aliphatic carbocycles. The van der Waals surface area contributed by atoms with Gasteiger partial charge in [0.25, 0.3) is 0 Å². The van der Waals surface area contributed by atoms with E-state index in [1.807, 2.05) is 24.3 Å². The van der Waals surface area contributed by atoms with Crippen molar-refractivity contribution in [3.8, 4) is 0 Å². The summed E-state index contributed by atoms with van der Waals surface area (Å²) in [6, 6.07) is 12.5. The van der Waals surface area contributed by atoms with E-state index in [4.69, 9.17) is 0 Å². The fraction of sp³-hybridized carbons (Fsp3) is 0.154. The minimum atomic E-state index is -0.219. The van der Waals surface area contributed by atoms with E-state index in [-0.39, 0.29) is 5.82 Å². The molecule has 0 saturated carbocycles. The molecular weight excluding hydrogens is 203 g/mol. The Bertz CT molecular complexity index is 443. The lowest BCUT2D eigenvalue weighted by molar-refractivity contribution is 0.630. The molecule has 0 fully saturated rings. The number of halogens is 1. The van der Waals surface area contributed by atoms with Gasteiger partial charge >= 0.3 is 0 Å². The van der Waals surface area contributed by atoms with Crippen molar-refractivity contribution in [1.29, 1.82) is 0 Å². The zero-order valence-corrected chi connectivity index (χ0v) is 8.86. The second-order valence-electron chi connectivity index (χ2n) is 3.48. The highest BCUT2D eigenvalue weighted by molar-refractivity contribution is 5.44. The molecule has 0 aliphatic rings.